The Hall–Kier alpha value is -2.48. The fourth-order valence-electron chi connectivity index (χ4n) is 2.00. The average Bonchev–Trinajstić information content (AvgIpc) is 2.54. The highest BCUT2D eigenvalue weighted by Crippen LogP contribution is 2.28. The van der Waals surface area contributed by atoms with Crippen molar-refractivity contribution in [2.75, 3.05) is 12.4 Å². The van der Waals surface area contributed by atoms with E-state index in [2.05, 4.69) is 31.0 Å². The predicted molar refractivity (Wildman–Crippen MR) is 88.4 cm³/mol. The molecular weight excluding hydrogens is 366 g/mol. The maximum atomic E-state index is 11.5. The maximum absolute atomic E-state index is 11.5. The smallest absolute Gasteiger partial charge is 0.339 e. The van der Waals surface area contributed by atoms with Gasteiger partial charge in [-0.25, -0.2) is 9.78 Å². The molecular formula is C15H14BrN3O4. The summed E-state index contributed by atoms with van der Waals surface area (Å²) in [5.74, 6) is -0.581. The molecule has 0 aliphatic heterocycles. The van der Waals surface area contributed by atoms with Gasteiger partial charge in [-0.15, -0.1) is 0 Å². The van der Waals surface area contributed by atoms with Gasteiger partial charge in [0.2, 0.25) is 5.82 Å². The summed E-state index contributed by atoms with van der Waals surface area (Å²) in [6.07, 6.45) is 1.24. The van der Waals surface area contributed by atoms with E-state index in [9.17, 15) is 14.9 Å². The molecule has 0 amide bonds. The van der Waals surface area contributed by atoms with Crippen LogP contribution in [0.1, 0.15) is 28.9 Å². The predicted octanol–water partition coefficient (Wildman–Crippen LogP) is 3.71. The Morgan fingerprint density at radius 2 is 2.17 bits per heavy atom. The van der Waals surface area contributed by atoms with Gasteiger partial charge in [-0.2, -0.15) is 0 Å². The summed E-state index contributed by atoms with van der Waals surface area (Å²) in [5, 5.41) is 14.2. The molecule has 0 radical (unpaired) electrons. The van der Waals surface area contributed by atoms with Crippen molar-refractivity contribution in [1.82, 2.24) is 4.98 Å². The summed E-state index contributed by atoms with van der Waals surface area (Å²) in [5.41, 5.74) is 0.683. The van der Waals surface area contributed by atoms with Gasteiger partial charge in [0.05, 0.1) is 23.6 Å². The summed E-state index contributed by atoms with van der Waals surface area (Å²) >= 11 is 3.38. The molecule has 1 aromatic carbocycles. The van der Waals surface area contributed by atoms with Crippen molar-refractivity contribution in [3.8, 4) is 0 Å². The van der Waals surface area contributed by atoms with Gasteiger partial charge >= 0.3 is 11.7 Å². The number of methoxy groups -OCH3 is 1. The fraction of sp³-hybridized carbons (Fsp3) is 0.200. The van der Waals surface area contributed by atoms with Crippen LogP contribution in [-0.4, -0.2) is 23.0 Å². The fourth-order valence-corrected chi connectivity index (χ4v) is 2.41. The van der Waals surface area contributed by atoms with Crippen LogP contribution in [0.5, 0.6) is 0 Å². The molecule has 0 bridgehead atoms. The van der Waals surface area contributed by atoms with E-state index in [1.807, 2.05) is 31.2 Å². The number of benzene rings is 1. The molecule has 1 atom stereocenters. The maximum Gasteiger partial charge on any atom is 0.339 e. The van der Waals surface area contributed by atoms with Crippen molar-refractivity contribution in [3.63, 3.8) is 0 Å². The standard InChI is InChI=1S/C15H14BrN3O4/c1-9(10-4-3-5-12(16)6-10)18-14-13(19(21)22)7-11(8-17-14)15(20)23-2/h3-9H,1-2H3,(H,17,18). The summed E-state index contributed by atoms with van der Waals surface area (Å²) < 4.78 is 5.46. The minimum atomic E-state index is -0.674. The number of hydrogen-bond donors (Lipinski definition) is 1. The lowest BCUT2D eigenvalue weighted by Crippen LogP contribution is -2.11. The molecule has 2 aromatic rings. The lowest BCUT2D eigenvalue weighted by atomic mass is 10.1. The number of nitrogens with zero attached hydrogens (tertiary/aromatic N) is 2. The Labute approximate surface area is 141 Å². The van der Waals surface area contributed by atoms with E-state index in [0.717, 1.165) is 16.1 Å². The summed E-state index contributed by atoms with van der Waals surface area (Å²) in [6.45, 7) is 1.86. The second kappa shape index (κ2) is 7.19. The summed E-state index contributed by atoms with van der Waals surface area (Å²) in [4.78, 5) is 26.1. The summed E-state index contributed by atoms with van der Waals surface area (Å²) in [7, 11) is 1.20. The molecule has 1 aromatic heterocycles. The largest absolute Gasteiger partial charge is 0.465 e. The van der Waals surface area contributed by atoms with Gasteiger partial charge in [-0.05, 0) is 24.6 Å². The minimum Gasteiger partial charge on any atom is -0.465 e. The molecule has 8 heteroatoms. The first-order valence-corrected chi connectivity index (χ1v) is 7.46. The van der Waals surface area contributed by atoms with E-state index in [0.29, 0.717) is 0 Å². The van der Waals surface area contributed by atoms with Gasteiger partial charge in [0.1, 0.15) is 0 Å². The number of pyridine rings is 1. The van der Waals surface area contributed by atoms with Gasteiger partial charge < -0.3 is 10.1 Å². The number of hydrogen-bond acceptors (Lipinski definition) is 6. The Bertz CT molecular complexity index is 751. The lowest BCUT2D eigenvalue weighted by Gasteiger charge is -2.15. The quantitative estimate of drug-likeness (QED) is 0.483. The molecule has 0 aliphatic carbocycles. The Kier molecular flexibility index (Phi) is 5.28. The van der Waals surface area contributed by atoms with Gasteiger partial charge in [-0.1, -0.05) is 28.1 Å². The molecule has 2 rings (SSSR count). The zero-order chi connectivity index (χ0) is 17.0. The Morgan fingerprint density at radius 1 is 1.43 bits per heavy atom. The molecule has 120 valence electrons. The molecule has 23 heavy (non-hydrogen) atoms. The molecule has 0 spiro atoms. The van der Waals surface area contributed by atoms with E-state index in [1.54, 1.807) is 0 Å². The molecule has 0 aliphatic rings. The van der Waals surface area contributed by atoms with E-state index in [-0.39, 0.29) is 23.1 Å². The highest BCUT2D eigenvalue weighted by molar-refractivity contribution is 9.10. The Morgan fingerprint density at radius 3 is 2.78 bits per heavy atom. The highest BCUT2D eigenvalue weighted by Gasteiger charge is 2.21. The van der Waals surface area contributed by atoms with Crippen LogP contribution in [0.2, 0.25) is 0 Å². The van der Waals surface area contributed by atoms with Crippen LogP contribution in [0.15, 0.2) is 41.0 Å². The monoisotopic (exact) mass is 379 g/mol. The number of anilines is 1. The van der Waals surface area contributed by atoms with Gasteiger partial charge in [-0.3, -0.25) is 10.1 Å². The van der Waals surface area contributed by atoms with Crippen LogP contribution in [0, 0.1) is 10.1 Å². The second-order valence-electron chi connectivity index (χ2n) is 4.76. The first-order valence-electron chi connectivity index (χ1n) is 6.67. The molecule has 0 fully saturated rings. The third kappa shape index (κ3) is 4.04. The van der Waals surface area contributed by atoms with Crippen molar-refractivity contribution in [3.05, 3.63) is 62.2 Å². The normalized spacial score (nSPS) is 11.6. The van der Waals surface area contributed by atoms with Crippen molar-refractivity contribution >= 4 is 33.4 Å². The molecule has 1 heterocycles. The van der Waals surface area contributed by atoms with E-state index in [4.69, 9.17) is 0 Å². The van der Waals surface area contributed by atoms with Crippen LogP contribution < -0.4 is 5.32 Å². The van der Waals surface area contributed by atoms with Crippen LogP contribution in [0.25, 0.3) is 0 Å². The van der Waals surface area contributed by atoms with Crippen molar-refractivity contribution < 1.29 is 14.5 Å². The van der Waals surface area contributed by atoms with Gasteiger partial charge in [0.15, 0.2) is 0 Å². The second-order valence-corrected chi connectivity index (χ2v) is 5.68. The first-order chi connectivity index (χ1) is 10.9. The third-order valence-electron chi connectivity index (χ3n) is 3.19. The van der Waals surface area contributed by atoms with Gasteiger partial charge in [0.25, 0.3) is 0 Å². The van der Waals surface area contributed by atoms with E-state index in [1.165, 1.54) is 13.3 Å². The number of esters is 1. The minimum absolute atomic E-state index is 0.0276. The zero-order valence-electron chi connectivity index (χ0n) is 12.4. The van der Waals surface area contributed by atoms with Crippen molar-refractivity contribution in [1.29, 1.82) is 0 Å². The SMILES string of the molecule is COC(=O)c1cnc(NC(C)c2cccc(Br)c2)c([N+](=O)[O-])c1. The van der Waals surface area contributed by atoms with E-state index < -0.39 is 10.9 Å². The number of carbonyl (C=O) groups excluding carboxylic acids is 1. The highest BCUT2D eigenvalue weighted by atomic mass is 79.9. The number of aromatic nitrogens is 1. The average molecular weight is 380 g/mol. The van der Waals surface area contributed by atoms with Crippen LogP contribution >= 0.6 is 15.9 Å². The molecule has 0 saturated carbocycles. The lowest BCUT2D eigenvalue weighted by molar-refractivity contribution is -0.384. The number of nitrogens with one attached hydrogen (secondary N) is 1. The topological polar surface area (TPSA) is 94.4 Å². The molecule has 1 unspecified atom stereocenters. The molecule has 7 nitrogen and oxygen atoms in total. The van der Waals surface area contributed by atoms with Crippen LogP contribution in [0.3, 0.4) is 0 Å². The van der Waals surface area contributed by atoms with Gasteiger partial charge in [0, 0.05) is 16.7 Å². The number of ether oxygens (including phenoxy) is 1. The van der Waals surface area contributed by atoms with Crippen LogP contribution in [-0.2, 0) is 4.74 Å². The molecule has 1 N–H and O–H groups in total. The number of halogens is 1. The Balaban J connectivity index is 2.32. The van der Waals surface area contributed by atoms with Crippen molar-refractivity contribution in [2.45, 2.75) is 13.0 Å². The molecule has 0 saturated heterocycles. The summed E-state index contributed by atoms with van der Waals surface area (Å²) in [6, 6.07) is 8.52. The van der Waals surface area contributed by atoms with E-state index >= 15 is 0 Å². The number of carbonyl (C=O) groups is 1. The first kappa shape index (κ1) is 16.9. The number of nitro groups is 1. The van der Waals surface area contributed by atoms with Crippen LogP contribution in [0.4, 0.5) is 11.5 Å². The third-order valence-corrected chi connectivity index (χ3v) is 3.68. The van der Waals surface area contributed by atoms with Crippen molar-refractivity contribution in [2.24, 2.45) is 0 Å². The zero-order valence-corrected chi connectivity index (χ0v) is 14.0. The number of rotatable bonds is 5.